The maximum atomic E-state index is 12.5. The van der Waals surface area contributed by atoms with E-state index >= 15 is 0 Å². The van der Waals surface area contributed by atoms with E-state index in [0.29, 0.717) is 21.6 Å². The minimum atomic E-state index is -5.04. The Hall–Kier alpha value is -0.790. The van der Waals surface area contributed by atoms with Crippen molar-refractivity contribution in [2.24, 2.45) is 5.73 Å². The Labute approximate surface area is 99.4 Å². The summed E-state index contributed by atoms with van der Waals surface area (Å²) < 4.78 is 37.7. The highest BCUT2D eigenvalue weighted by Crippen LogP contribution is 2.32. The summed E-state index contributed by atoms with van der Waals surface area (Å²) in [5.41, 5.74) is 7.09. The molecule has 0 heterocycles. The van der Waals surface area contributed by atoms with E-state index in [-0.39, 0.29) is 12.3 Å². The summed E-state index contributed by atoms with van der Waals surface area (Å²) in [5, 5.41) is 0. The Morgan fingerprint density at radius 2 is 2.00 bits per heavy atom. The summed E-state index contributed by atoms with van der Waals surface area (Å²) in [6.07, 6.45) is 0. The molecule has 1 aromatic carbocycles. The number of hydrogen-bond acceptors (Lipinski definition) is 5. The molecule has 1 rings (SSSR count). The van der Waals surface area contributed by atoms with Crippen LogP contribution < -0.4 is 9.92 Å². The van der Waals surface area contributed by atoms with Crippen LogP contribution in [-0.2, 0) is 17.0 Å². The average Bonchev–Trinajstić information content (AvgIpc) is 2.17. The molecule has 0 unspecified atom stereocenters. The van der Waals surface area contributed by atoms with E-state index in [0.717, 1.165) is 0 Å². The highest BCUT2D eigenvalue weighted by atomic mass is 32.3. The fourth-order valence-corrected chi connectivity index (χ4v) is 2.07. The SMILES string of the molecule is Cc1c(S)cc(CN)c(C)c1OS(=O)(=O)F. The van der Waals surface area contributed by atoms with Crippen LogP contribution in [-0.4, -0.2) is 8.42 Å². The molecule has 0 aliphatic heterocycles. The zero-order chi connectivity index (χ0) is 12.5. The number of rotatable bonds is 3. The third-order valence-corrected chi connectivity index (χ3v) is 3.09. The van der Waals surface area contributed by atoms with Gasteiger partial charge in [0.1, 0.15) is 0 Å². The lowest BCUT2D eigenvalue weighted by atomic mass is 10.0. The quantitative estimate of drug-likeness (QED) is 0.644. The molecule has 16 heavy (non-hydrogen) atoms. The minimum absolute atomic E-state index is 0.0459. The Balaban J connectivity index is 3.42. The first-order chi connectivity index (χ1) is 7.26. The third-order valence-electron chi connectivity index (χ3n) is 2.26. The van der Waals surface area contributed by atoms with Crippen LogP contribution in [0.5, 0.6) is 5.75 Å². The van der Waals surface area contributed by atoms with Gasteiger partial charge in [-0.05, 0) is 31.0 Å². The molecule has 0 fully saturated rings. The van der Waals surface area contributed by atoms with E-state index in [1.807, 2.05) is 0 Å². The van der Waals surface area contributed by atoms with Crippen LogP contribution in [0.3, 0.4) is 0 Å². The summed E-state index contributed by atoms with van der Waals surface area (Å²) in [6, 6.07) is 1.70. The Morgan fingerprint density at radius 1 is 1.44 bits per heavy atom. The monoisotopic (exact) mass is 265 g/mol. The van der Waals surface area contributed by atoms with Crippen LogP contribution in [0.1, 0.15) is 16.7 Å². The standard InChI is InChI=1S/C9H12FNO3S2/c1-5-7(4-11)3-8(15)6(2)9(5)14-16(10,12)13/h3,15H,4,11H2,1-2H3. The molecule has 0 radical (unpaired) electrons. The van der Waals surface area contributed by atoms with Gasteiger partial charge in [0, 0.05) is 17.0 Å². The molecule has 4 nitrogen and oxygen atoms in total. The molecule has 0 aliphatic rings. The van der Waals surface area contributed by atoms with E-state index in [1.54, 1.807) is 19.9 Å². The molecule has 0 spiro atoms. The number of halogens is 1. The fourth-order valence-electron chi connectivity index (χ4n) is 1.36. The highest BCUT2D eigenvalue weighted by molar-refractivity contribution is 7.81. The predicted molar refractivity (Wildman–Crippen MR) is 61.7 cm³/mol. The second kappa shape index (κ2) is 4.60. The number of thiol groups is 1. The molecule has 0 saturated carbocycles. The lowest BCUT2D eigenvalue weighted by molar-refractivity contribution is 0.436. The van der Waals surface area contributed by atoms with Crippen molar-refractivity contribution in [3.63, 3.8) is 0 Å². The van der Waals surface area contributed by atoms with Crippen molar-refractivity contribution >= 4 is 23.1 Å². The number of nitrogens with two attached hydrogens (primary N) is 1. The number of benzene rings is 1. The first kappa shape index (κ1) is 13.3. The zero-order valence-corrected chi connectivity index (χ0v) is 10.5. The summed E-state index contributed by atoms with van der Waals surface area (Å²) in [5.74, 6) is -0.0459. The van der Waals surface area contributed by atoms with Gasteiger partial charge in [0.2, 0.25) is 0 Å². The van der Waals surface area contributed by atoms with Crippen molar-refractivity contribution in [1.82, 2.24) is 0 Å². The first-order valence-corrected chi connectivity index (χ1v) is 6.18. The van der Waals surface area contributed by atoms with E-state index in [4.69, 9.17) is 5.73 Å². The molecule has 1 aromatic rings. The molecular weight excluding hydrogens is 253 g/mol. The maximum Gasteiger partial charge on any atom is 0.488 e. The molecule has 0 aromatic heterocycles. The van der Waals surface area contributed by atoms with Crippen LogP contribution in [0, 0.1) is 13.8 Å². The topological polar surface area (TPSA) is 69.4 Å². The molecule has 0 bridgehead atoms. The fraction of sp³-hybridized carbons (Fsp3) is 0.333. The van der Waals surface area contributed by atoms with Crippen LogP contribution in [0.15, 0.2) is 11.0 Å². The largest absolute Gasteiger partial charge is 0.488 e. The maximum absolute atomic E-state index is 12.5. The van der Waals surface area contributed by atoms with Crippen LogP contribution in [0.25, 0.3) is 0 Å². The molecule has 0 saturated heterocycles. The summed E-state index contributed by atoms with van der Waals surface area (Å²) in [6.45, 7) is 3.40. The molecule has 2 N–H and O–H groups in total. The molecule has 90 valence electrons. The van der Waals surface area contributed by atoms with Crippen LogP contribution in [0.4, 0.5) is 3.89 Å². The van der Waals surface area contributed by atoms with Crippen LogP contribution >= 0.6 is 12.6 Å². The molecule has 7 heteroatoms. The van der Waals surface area contributed by atoms with Crippen molar-refractivity contribution in [3.05, 3.63) is 22.8 Å². The lowest BCUT2D eigenvalue weighted by Gasteiger charge is -2.13. The Kier molecular flexibility index (Phi) is 3.82. The summed E-state index contributed by atoms with van der Waals surface area (Å²) in [7, 11) is -5.04. The second-order valence-electron chi connectivity index (χ2n) is 3.31. The van der Waals surface area contributed by atoms with Gasteiger partial charge in [0.25, 0.3) is 0 Å². The Morgan fingerprint density at radius 3 is 2.44 bits per heavy atom. The lowest BCUT2D eigenvalue weighted by Crippen LogP contribution is -2.08. The average molecular weight is 265 g/mol. The van der Waals surface area contributed by atoms with Gasteiger partial charge in [-0.25, -0.2) is 0 Å². The van der Waals surface area contributed by atoms with Gasteiger partial charge in [0.15, 0.2) is 5.75 Å². The van der Waals surface area contributed by atoms with Gasteiger partial charge >= 0.3 is 10.5 Å². The Bertz CT molecular complexity index is 514. The predicted octanol–water partition coefficient (Wildman–Crippen LogP) is 1.64. The summed E-state index contributed by atoms with van der Waals surface area (Å²) in [4.78, 5) is 0.504. The van der Waals surface area contributed by atoms with E-state index in [2.05, 4.69) is 16.8 Å². The normalized spacial score (nSPS) is 11.6. The van der Waals surface area contributed by atoms with Gasteiger partial charge in [0.05, 0.1) is 0 Å². The first-order valence-electron chi connectivity index (χ1n) is 4.42. The highest BCUT2D eigenvalue weighted by Gasteiger charge is 2.18. The van der Waals surface area contributed by atoms with Gasteiger partial charge in [-0.15, -0.1) is 12.6 Å². The minimum Gasteiger partial charge on any atom is -0.358 e. The van der Waals surface area contributed by atoms with E-state index < -0.39 is 10.5 Å². The van der Waals surface area contributed by atoms with Gasteiger partial charge < -0.3 is 9.92 Å². The van der Waals surface area contributed by atoms with Crippen molar-refractivity contribution in [3.8, 4) is 5.75 Å². The molecule has 0 aliphatic carbocycles. The number of hydrogen-bond donors (Lipinski definition) is 2. The van der Waals surface area contributed by atoms with E-state index in [9.17, 15) is 12.3 Å². The van der Waals surface area contributed by atoms with E-state index in [1.165, 1.54) is 0 Å². The molecular formula is C9H12FNO3S2. The van der Waals surface area contributed by atoms with Gasteiger partial charge in [-0.3, -0.25) is 0 Å². The second-order valence-corrected chi connectivity index (χ2v) is 4.75. The molecule has 0 amide bonds. The van der Waals surface area contributed by atoms with Crippen molar-refractivity contribution in [1.29, 1.82) is 0 Å². The van der Waals surface area contributed by atoms with Gasteiger partial charge in [-0.2, -0.15) is 8.42 Å². The third kappa shape index (κ3) is 2.87. The zero-order valence-electron chi connectivity index (χ0n) is 8.82. The van der Waals surface area contributed by atoms with Crippen molar-refractivity contribution in [2.75, 3.05) is 0 Å². The summed E-state index contributed by atoms with van der Waals surface area (Å²) >= 11 is 4.14. The molecule has 0 atom stereocenters. The smallest absolute Gasteiger partial charge is 0.358 e. The van der Waals surface area contributed by atoms with Crippen LogP contribution in [0.2, 0.25) is 0 Å². The van der Waals surface area contributed by atoms with Crippen molar-refractivity contribution in [2.45, 2.75) is 25.3 Å². The van der Waals surface area contributed by atoms with Gasteiger partial charge in [-0.1, -0.05) is 3.89 Å². The van der Waals surface area contributed by atoms with Crippen molar-refractivity contribution < 1.29 is 16.5 Å².